The van der Waals surface area contributed by atoms with Gasteiger partial charge in [-0.3, -0.25) is 9.20 Å². The zero-order valence-electron chi connectivity index (χ0n) is 12.2. The summed E-state index contributed by atoms with van der Waals surface area (Å²) >= 11 is 3.19. The molecule has 0 N–H and O–H groups in total. The van der Waals surface area contributed by atoms with Gasteiger partial charge in [0.1, 0.15) is 17.1 Å². The summed E-state index contributed by atoms with van der Waals surface area (Å²) in [5.74, 6) is 0.779. The number of ether oxygens (including phenoxy) is 1. The van der Waals surface area contributed by atoms with Crippen molar-refractivity contribution >= 4 is 33.9 Å². The van der Waals surface area contributed by atoms with Crippen LogP contribution in [0, 0.1) is 0 Å². The van der Waals surface area contributed by atoms with E-state index in [-0.39, 0.29) is 0 Å². The summed E-state index contributed by atoms with van der Waals surface area (Å²) in [6.07, 6.45) is 0.878. The minimum absolute atomic E-state index is 0.579. The molecule has 0 amide bonds. The van der Waals surface area contributed by atoms with Crippen LogP contribution < -0.4 is 4.74 Å². The van der Waals surface area contributed by atoms with Crippen LogP contribution in [0.25, 0.3) is 26.8 Å². The first kappa shape index (κ1) is 14.2. The first-order chi connectivity index (χ1) is 11.3. The molecule has 4 rings (SSSR count). The van der Waals surface area contributed by atoms with Gasteiger partial charge in [-0.15, -0.1) is 22.7 Å². The zero-order valence-corrected chi connectivity index (χ0v) is 13.9. The zero-order chi connectivity index (χ0) is 15.8. The van der Waals surface area contributed by atoms with Crippen molar-refractivity contribution in [1.82, 2.24) is 9.38 Å². The fourth-order valence-electron chi connectivity index (χ4n) is 2.55. The number of carbonyl (C=O) groups excluding carboxylic acids is 1. The highest BCUT2D eigenvalue weighted by atomic mass is 32.1. The summed E-state index contributed by atoms with van der Waals surface area (Å²) in [6, 6.07) is 11.6. The van der Waals surface area contributed by atoms with E-state index in [1.807, 2.05) is 51.6 Å². The number of hydrogen-bond acceptors (Lipinski definition) is 5. The molecule has 0 aliphatic heterocycles. The summed E-state index contributed by atoms with van der Waals surface area (Å²) < 4.78 is 7.12. The highest BCUT2D eigenvalue weighted by Gasteiger charge is 2.18. The van der Waals surface area contributed by atoms with Gasteiger partial charge in [0.15, 0.2) is 11.2 Å². The van der Waals surface area contributed by atoms with E-state index in [9.17, 15) is 4.79 Å². The first-order valence-corrected chi connectivity index (χ1v) is 8.71. The van der Waals surface area contributed by atoms with Gasteiger partial charge in [-0.25, -0.2) is 4.98 Å². The van der Waals surface area contributed by atoms with Crippen molar-refractivity contribution < 1.29 is 9.53 Å². The maximum Gasteiger partial charge on any atom is 0.195 e. The number of thiazole rings is 1. The van der Waals surface area contributed by atoms with Crippen molar-refractivity contribution in [2.45, 2.75) is 0 Å². The Morgan fingerprint density at radius 2 is 2.00 bits per heavy atom. The number of aldehydes is 1. The molecule has 0 radical (unpaired) electrons. The summed E-state index contributed by atoms with van der Waals surface area (Å²) in [5, 5.41) is 4.07. The van der Waals surface area contributed by atoms with E-state index in [4.69, 9.17) is 4.74 Å². The minimum atomic E-state index is 0.579. The molecular weight excluding hydrogens is 328 g/mol. The topological polar surface area (TPSA) is 43.6 Å². The Bertz CT molecular complexity index is 966. The van der Waals surface area contributed by atoms with Gasteiger partial charge in [-0.05, 0) is 35.7 Å². The molecule has 114 valence electrons. The summed E-state index contributed by atoms with van der Waals surface area (Å²) in [6.45, 7) is 0. The van der Waals surface area contributed by atoms with Crippen LogP contribution in [-0.4, -0.2) is 22.8 Å². The summed E-state index contributed by atoms with van der Waals surface area (Å²) in [5.41, 5.74) is 3.19. The van der Waals surface area contributed by atoms with Gasteiger partial charge in [-0.2, -0.15) is 0 Å². The van der Waals surface area contributed by atoms with Crippen LogP contribution in [-0.2, 0) is 0 Å². The van der Waals surface area contributed by atoms with E-state index >= 15 is 0 Å². The number of nitrogens with zero attached hydrogens (tertiary/aromatic N) is 2. The SMILES string of the molecule is COc1ccc(-c2nc3scc(-c4cccs4)n3c2C=O)cc1. The van der Waals surface area contributed by atoms with Crippen molar-refractivity contribution in [1.29, 1.82) is 0 Å². The predicted molar refractivity (Wildman–Crippen MR) is 93.8 cm³/mol. The van der Waals surface area contributed by atoms with Crippen molar-refractivity contribution in [3.8, 4) is 27.6 Å². The van der Waals surface area contributed by atoms with E-state index in [1.54, 1.807) is 18.4 Å². The van der Waals surface area contributed by atoms with Crippen molar-refractivity contribution in [2.75, 3.05) is 7.11 Å². The van der Waals surface area contributed by atoms with Crippen LogP contribution in [0.15, 0.2) is 47.2 Å². The molecule has 0 fully saturated rings. The maximum absolute atomic E-state index is 11.7. The number of benzene rings is 1. The second kappa shape index (κ2) is 5.64. The Hall–Kier alpha value is -2.44. The highest BCUT2D eigenvalue weighted by molar-refractivity contribution is 7.17. The second-order valence-corrected chi connectivity index (χ2v) is 6.69. The Morgan fingerprint density at radius 3 is 2.65 bits per heavy atom. The largest absolute Gasteiger partial charge is 0.497 e. The monoisotopic (exact) mass is 340 g/mol. The normalized spacial score (nSPS) is 11.0. The van der Waals surface area contributed by atoms with Gasteiger partial charge < -0.3 is 4.74 Å². The van der Waals surface area contributed by atoms with Gasteiger partial charge in [0.05, 0.1) is 17.7 Å². The van der Waals surface area contributed by atoms with E-state index in [1.165, 1.54) is 11.3 Å². The Labute approximate surface area is 140 Å². The number of carbonyl (C=O) groups is 1. The molecule has 0 atom stereocenters. The van der Waals surface area contributed by atoms with Gasteiger partial charge in [0.2, 0.25) is 0 Å². The third-order valence-electron chi connectivity index (χ3n) is 3.65. The highest BCUT2D eigenvalue weighted by Crippen LogP contribution is 2.34. The minimum Gasteiger partial charge on any atom is -0.497 e. The van der Waals surface area contributed by atoms with Crippen LogP contribution >= 0.6 is 22.7 Å². The van der Waals surface area contributed by atoms with Gasteiger partial charge in [-0.1, -0.05) is 6.07 Å². The summed E-state index contributed by atoms with van der Waals surface area (Å²) in [4.78, 5) is 18.3. The molecule has 0 saturated carbocycles. The molecule has 0 spiro atoms. The molecule has 4 aromatic rings. The fraction of sp³-hybridized carbons (Fsp3) is 0.0588. The van der Waals surface area contributed by atoms with E-state index in [0.29, 0.717) is 11.4 Å². The van der Waals surface area contributed by atoms with Crippen LogP contribution in [0.3, 0.4) is 0 Å². The average Bonchev–Trinajstić information content (AvgIpc) is 3.30. The van der Waals surface area contributed by atoms with Crippen LogP contribution in [0.1, 0.15) is 10.5 Å². The molecule has 6 heteroatoms. The fourth-order valence-corrected chi connectivity index (χ4v) is 4.25. The molecule has 0 aliphatic carbocycles. The van der Waals surface area contributed by atoms with Crippen LogP contribution in [0.4, 0.5) is 0 Å². The molecule has 23 heavy (non-hydrogen) atoms. The first-order valence-electron chi connectivity index (χ1n) is 6.95. The number of hydrogen-bond donors (Lipinski definition) is 0. The van der Waals surface area contributed by atoms with Crippen LogP contribution in [0.2, 0.25) is 0 Å². The predicted octanol–water partition coefficient (Wildman–Crippen LogP) is 4.61. The lowest BCUT2D eigenvalue weighted by Gasteiger charge is -2.02. The lowest BCUT2D eigenvalue weighted by atomic mass is 10.1. The van der Waals surface area contributed by atoms with Gasteiger partial charge in [0.25, 0.3) is 0 Å². The molecule has 4 nitrogen and oxygen atoms in total. The van der Waals surface area contributed by atoms with Crippen LogP contribution in [0.5, 0.6) is 5.75 Å². The van der Waals surface area contributed by atoms with Gasteiger partial charge in [0, 0.05) is 10.9 Å². The smallest absolute Gasteiger partial charge is 0.195 e. The molecule has 0 unspecified atom stereocenters. The third kappa shape index (κ3) is 2.27. The van der Waals surface area contributed by atoms with Crippen molar-refractivity contribution in [3.63, 3.8) is 0 Å². The van der Waals surface area contributed by atoms with E-state index < -0.39 is 0 Å². The number of methoxy groups -OCH3 is 1. The molecular formula is C17H12N2O2S2. The number of fused-ring (bicyclic) bond motifs is 1. The second-order valence-electron chi connectivity index (χ2n) is 4.91. The molecule has 3 heterocycles. The Morgan fingerprint density at radius 1 is 1.17 bits per heavy atom. The standard InChI is InChI=1S/C17H12N2O2S2/c1-21-12-6-4-11(5-7-12)16-13(9-20)19-14(10-23-17(19)18-16)15-3-2-8-22-15/h2-10H,1H3. The third-order valence-corrected chi connectivity index (χ3v) is 5.37. The van der Waals surface area contributed by atoms with Gasteiger partial charge >= 0.3 is 0 Å². The quantitative estimate of drug-likeness (QED) is 0.509. The maximum atomic E-state index is 11.7. The molecule has 0 bridgehead atoms. The Kier molecular flexibility index (Phi) is 3.48. The number of rotatable bonds is 4. The van der Waals surface area contributed by atoms with E-state index in [2.05, 4.69) is 4.98 Å². The number of aromatic nitrogens is 2. The number of imidazole rings is 1. The van der Waals surface area contributed by atoms with E-state index in [0.717, 1.165) is 33.1 Å². The van der Waals surface area contributed by atoms with Crippen molar-refractivity contribution in [2.24, 2.45) is 0 Å². The lowest BCUT2D eigenvalue weighted by Crippen LogP contribution is -1.93. The number of thiophene rings is 1. The molecule has 3 aromatic heterocycles. The summed E-state index contributed by atoms with van der Waals surface area (Å²) in [7, 11) is 1.63. The Balaban J connectivity index is 1.92. The molecule has 0 aliphatic rings. The molecule has 1 aromatic carbocycles. The van der Waals surface area contributed by atoms with Crippen molar-refractivity contribution in [3.05, 3.63) is 52.9 Å². The molecule has 0 saturated heterocycles. The average molecular weight is 340 g/mol. The lowest BCUT2D eigenvalue weighted by molar-refractivity contribution is 0.111.